The maximum atomic E-state index is 5.07. The van der Waals surface area contributed by atoms with Gasteiger partial charge >= 0.3 is 0 Å². The largest absolute Gasteiger partial charge is 0.369 e. The average molecular weight is 477 g/mol. The lowest BCUT2D eigenvalue weighted by Crippen LogP contribution is -2.27. The van der Waals surface area contributed by atoms with Gasteiger partial charge in [-0.05, 0) is 55.8 Å². The summed E-state index contributed by atoms with van der Waals surface area (Å²) in [6.45, 7) is 6.57. The van der Waals surface area contributed by atoms with Crippen LogP contribution in [0.4, 0.5) is 5.69 Å². The summed E-state index contributed by atoms with van der Waals surface area (Å²) >= 11 is 0. The Morgan fingerprint density at radius 1 is 0.861 bits per heavy atom. The number of hydrogen-bond acceptors (Lipinski definition) is 7. The monoisotopic (exact) mass is 476 g/mol. The van der Waals surface area contributed by atoms with Crippen LogP contribution in [0.3, 0.4) is 0 Å². The molecule has 0 radical (unpaired) electrons. The molecular formula is C28H28N8. The van der Waals surface area contributed by atoms with Gasteiger partial charge in [0.05, 0.1) is 40.9 Å². The van der Waals surface area contributed by atoms with Crippen molar-refractivity contribution in [3.8, 4) is 22.8 Å². The first kappa shape index (κ1) is 22.3. The molecule has 1 aromatic carbocycles. The van der Waals surface area contributed by atoms with Crippen molar-refractivity contribution < 1.29 is 0 Å². The second kappa shape index (κ2) is 9.83. The van der Waals surface area contributed by atoms with Crippen LogP contribution in [0.15, 0.2) is 72.9 Å². The molecular weight excluding hydrogens is 448 g/mol. The van der Waals surface area contributed by atoms with Crippen molar-refractivity contribution in [1.82, 2.24) is 35.3 Å². The van der Waals surface area contributed by atoms with Gasteiger partial charge in [0.15, 0.2) is 0 Å². The highest BCUT2D eigenvalue weighted by Gasteiger charge is 2.20. The number of rotatable bonds is 5. The standard InChI is InChI=1S/C28H28N8/c1-20-7-5-10-24(31-20)27-28(36(34-33-27)19-21-8-3-2-4-9-21)25-12-11-23-26(32-25)17-22(18-30-23)35-15-6-13-29-14-16-35/h2-5,7-12,17-18,29H,6,13-16,19H2,1H3. The van der Waals surface area contributed by atoms with Crippen LogP contribution in [-0.4, -0.2) is 56.1 Å². The Morgan fingerprint density at radius 3 is 2.67 bits per heavy atom. The molecule has 5 heterocycles. The molecule has 0 aliphatic carbocycles. The van der Waals surface area contributed by atoms with Gasteiger partial charge in [0.1, 0.15) is 11.4 Å². The van der Waals surface area contributed by atoms with Crippen LogP contribution in [0.5, 0.6) is 0 Å². The maximum Gasteiger partial charge on any atom is 0.141 e. The smallest absolute Gasteiger partial charge is 0.141 e. The first-order valence-corrected chi connectivity index (χ1v) is 12.4. The zero-order valence-electron chi connectivity index (χ0n) is 20.3. The number of hydrogen-bond donors (Lipinski definition) is 1. The molecule has 0 atom stereocenters. The Bertz CT molecular complexity index is 1490. The van der Waals surface area contributed by atoms with Gasteiger partial charge in [0, 0.05) is 25.3 Å². The molecule has 0 unspecified atom stereocenters. The highest BCUT2D eigenvalue weighted by molar-refractivity contribution is 5.83. The minimum atomic E-state index is 0.591. The summed E-state index contributed by atoms with van der Waals surface area (Å²) in [7, 11) is 0. The zero-order chi connectivity index (χ0) is 24.3. The summed E-state index contributed by atoms with van der Waals surface area (Å²) in [5.74, 6) is 0. The van der Waals surface area contributed by atoms with Gasteiger partial charge in [0.25, 0.3) is 0 Å². The molecule has 5 aromatic rings. The van der Waals surface area contributed by atoms with Gasteiger partial charge in [-0.15, -0.1) is 5.10 Å². The third kappa shape index (κ3) is 4.55. The molecule has 0 saturated carbocycles. The summed E-state index contributed by atoms with van der Waals surface area (Å²) in [6, 6.07) is 22.4. The van der Waals surface area contributed by atoms with Crippen molar-refractivity contribution in [3.05, 3.63) is 84.2 Å². The van der Waals surface area contributed by atoms with E-state index in [-0.39, 0.29) is 0 Å². The van der Waals surface area contributed by atoms with E-state index in [1.54, 1.807) is 0 Å². The predicted molar refractivity (Wildman–Crippen MR) is 142 cm³/mol. The molecule has 8 nitrogen and oxygen atoms in total. The van der Waals surface area contributed by atoms with Crippen LogP contribution in [-0.2, 0) is 6.54 Å². The van der Waals surface area contributed by atoms with Crippen LogP contribution in [0.2, 0.25) is 0 Å². The van der Waals surface area contributed by atoms with Crippen molar-refractivity contribution >= 4 is 16.7 Å². The van der Waals surface area contributed by atoms with Gasteiger partial charge < -0.3 is 10.2 Å². The molecule has 1 fully saturated rings. The van der Waals surface area contributed by atoms with E-state index >= 15 is 0 Å². The minimum absolute atomic E-state index is 0.591. The minimum Gasteiger partial charge on any atom is -0.369 e. The topological polar surface area (TPSA) is 84.7 Å². The van der Waals surface area contributed by atoms with Gasteiger partial charge in [0.2, 0.25) is 0 Å². The molecule has 1 aliphatic rings. The summed E-state index contributed by atoms with van der Waals surface area (Å²) in [5.41, 5.74) is 8.08. The van der Waals surface area contributed by atoms with E-state index in [0.29, 0.717) is 6.54 Å². The van der Waals surface area contributed by atoms with Crippen molar-refractivity contribution in [2.24, 2.45) is 0 Å². The fraction of sp³-hybridized carbons (Fsp3) is 0.250. The molecule has 1 aliphatic heterocycles. The fourth-order valence-corrected chi connectivity index (χ4v) is 4.69. The Kier molecular flexibility index (Phi) is 6.09. The van der Waals surface area contributed by atoms with Crippen molar-refractivity contribution in [2.45, 2.75) is 19.9 Å². The number of nitrogens with one attached hydrogen (secondary N) is 1. The Morgan fingerprint density at radius 2 is 1.78 bits per heavy atom. The molecule has 1 N–H and O–H groups in total. The van der Waals surface area contributed by atoms with E-state index in [1.807, 2.05) is 66.3 Å². The maximum absolute atomic E-state index is 5.07. The number of pyridine rings is 3. The summed E-state index contributed by atoms with van der Waals surface area (Å²) in [6.07, 6.45) is 3.07. The van der Waals surface area contributed by atoms with Gasteiger partial charge in [-0.2, -0.15) is 0 Å². The first-order valence-electron chi connectivity index (χ1n) is 12.4. The molecule has 0 amide bonds. The van der Waals surface area contributed by atoms with E-state index in [4.69, 9.17) is 15.0 Å². The summed E-state index contributed by atoms with van der Waals surface area (Å²) in [4.78, 5) is 16.9. The molecule has 4 aromatic heterocycles. The lowest BCUT2D eigenvalue weighted by Gasteiger charge is -2.22. The number of aryl methyl sites for hydroxylation is 1. The predicted octanol–water partition coefficient (Wildman–Crippen LogP) is 4.11. The SMILES string of the molecule is Cc1cccc(-c2nnn(Cc3ccccc3)c2-c2ccc3ncc(N4CCCNCC4)cc3n2)n1. The van der Waals surface area contributed by atoms with Crippen LogP contribution >= 0.6 is 0 Å². The average Bonchev–Trinajstić information content (AvgIpc) is 3.13. The van der Waals surface area contributed by atoms with Crippen molar-refractivity contribution in [2.75, 3.05) is 31.1 Å². The van der Waals surface area contributed by atoms with Crippen LogP contribution in [0.1, 0.15) is 17.7 Å². The molecule has 8 heteroatoms. The van der Waals surface area contributed by atoms with E-state index in [1.165, 1.54) is 0 Å². The lowest BCUT2D eigenvalue weighted by atomic mass is 10.1. The third-order valence-corrected chi connectivity index (χ3v) is 6.51. The second-order valence-electron chi connectivity index (χ2n) is 9.11. The van der Waals surface area contributed by atoms with Crippen LogP contribution in [0.25, 0.3) is 33.8 Å². The number of aromatic nitrogens is 6. The highest BCUT2D eigenvalue weighted by Crippen LogP contribution is 2.30. The molecule has 0 bridgehead atoms. The second-order valence-corrected chi connectivity index (χ2v) is 9.11. The third-order valence-electron chi connectivity index (χ3n) is 6.51. The molecule has 6 rings (SSSR count). The fourth-order valence-electron chi connectivity index (χ4n) is 4.69. The normalized spacial score (nSPS) is 14.2. The van der Waals surface area contributed by atoms with Crippen molar-refractivity contribution in [1.29, 1.82) is 0 Å². The molecule has 180 valence electrons. The van der Waals surface area contributed by atoms with Gasteiger partial charge in [-0.1, -0.05) is 41.6 Å². The van der Waals surface area contributed by atoms with E-state index in [2.05, 4.69) is 38.7 Å². The van der Waals surface area contributed by atoms with Crippen LogP contribution < -0.4 is 10.2 Å². The number of benzene rings is 1. The summed E-state index contributed by atoms with van der Waals surface area (Å²) < 4.78 is 1.92. The number of fused-ring (bicyclic) bond motifs is 1. The van der Waals surface area contributed by atoms with E-state index < -0.39 is 0 Å². The first-order chi connectivity index (χ1) is 17.7. The molecule has 36 heavy (non-hydrogen) atoms. The number of nitrogens with zero attached hydrogens (tertiary/aromatic N) is 7. The Labute approximate surface area is 210 Å². The zero-order valence-corrected chi connectivity index (χ0v) is 20.3. The quantitative estimate of drug-likeness (QED) is 0.409. The lowest BCUT2D eigenvalue weighted by molar-refractivity contribution is 0.655. The molecule has 0 spiro atoms. The van der Waals surface area contributed by atoms with E-state index in [0.717, 1.165) is 83.4 Å². The van der Waals surface area contributed by atoms with Gasteiger partial charge in [-0.25, -0.2) is 9.67 Å². The highest BCUT2D eigenvalue weighted by atomic mass is 15.4. The molecule has 1 saturated heterocycles. The number of anilines is 1. The van der Waals surface area contributed by atoms with Crippen molar-refractivity contribution in [3.63, 3.8) is 0 Å². The van der Waals surface area contributed by atoms with Gasteiger partial charge in [-0.3, -0.25) is 9.97 Å². The van der Waals surface area contributed by atoms with E-state index in [9.17, 15) is 0 Å². The van der Waals surface area contributed by atoms with Crippen LogP contribution in [0, 0.1) is 6.92 Å². The summed E-state index contributed by atoms with van der Waals surface area (Å²) in [5, 5.41) is 12.6. The Balaban J connectivity index is 1.46. The Hall–Kier alpha value is -4.17.